The molecular weight excluding hydrogens is 474 g/mol. The highest BCUT2D eigenvalue weighted by atomic mass is 32.2. The van der Waals surface area contributed by atoms with Gasteiger partial charge in [-0.2, -0.15) is 14.6 Å². The number of hydrogen-bond donors (Lipinski definition) is 1. The zero-order chi connectivity index (χ0) is 24.3. The Morgan fingerprint density at radius 1 is 1.09 bits per heavy atom. The fraction of sp³-hybridized carbons (Fsp3) is 0.478. The number of oxazole rings is 1. The highest BCUT2D eigenvalue weighted by Crippen LogP contribution is 2.31. The van der Waals surface area contributed by atoms with Gasteiger partial charge in [-0.3, -0.25) is 4.90 Å². The van der Waals surface area contributed by atoms with Gasteiger partial charge in [-0.25, -0.2) is 8.42 Å². The Bertz CT molecular complexity index is 1260. The standard InChI is InChI=1S/C23H27N5O6S/c24-15-17-22(25-16-18(19-5-4-12-32-19)27-10-13-31-14-11-27)34-23(26-17)20-6-7-21(33-20)35(29,30)28-8-2-1-3-9-28/h4-7,12,18,25H,1-3,8-11,13-14,16H2. The second kappa shape index (κ2) is 10.2. The van der Waals surface area contributed by atoms with Crippen LogP contribution in [0.2, 0.25) is 0 Å². The van der Waals surface area contributed by atoms with E-state index in [4.69, 9.17) is 18.0 Å². The maximum absolute atomic E-state index is 12.9. The van der Waals surface area contributed by atoms with Gasteiger partial charge in [-0.1, -0.05) is 6.42 Å². The molecule has 2 fully saturated rings. The number of anilines is 1. The van der Waals surface area contributed by atoms with Gasteiger partial charge in [0.1, 0.15) is 11.8 Å². The molecule has 0 aliphatic carbocycles. The first kappa shape index (κ1) is 23.6. The first-order valence-electron chi connectivity index (χ1n) is 11.7. The smallest absolute Gasteiger partial charge is 0.276 e. The lowest BCUT2D eigenvalue weighted by Crippen LogP contribution is -2.41. The second-order valence-corrected chi connectivity index (χ2v) is 10.3. The third-order valence-electron chi connectivity index (χ3n) is 6.25. The summed E-state index contributed by atoms with van der Waals surface area (Å²) in [4.78, 5) is 6.45. The molecular formula is C23H27N5O6S. The summed E-state index contributed by atoms with van der Waals surface area (Å²) in [5.41, 5.74) is 0.0528. The molecule has 1 unspecified atom stereocenters. The number of morpholine rings is 1. The van der Waals surface area contributed by atoms with E-state index in [1.54, 1.807) is 6.26 Å². The SMILES string of the molecule is N#Cc1nc(-c2ccc(S(=O)(=O)N3CCCCC3)o2)oc1NCC(c1ccco1)N1CCOCC1. The number of sulfonamides is 1. The zero-order valence-electron chi connectivity index (χ0n) is 19.2. The molecule has 35 heavy (non-hydrogen) atoms. The van der Waals surface area contributed by atoms with Crippen LogP contribution in [-0.2, 0) is 14.8 Å². The molecule has 0 bridgehead atoms. The first-order chi connectivity index (χ1) is 17.1. The van der Waals surface area contributed by atoms with Gasteiger partial charge in [0, 0.05) is 32.7 Å². The van der Waals surface area contributed by atoms with Gasteiger partial charge in [0.25, 0.3) is 15.9 Å². The Morgan fingerprint density at radius 2 is 1.89 bits per heavy atom. The van der Waals surface area contributed by atoms with Crippen molar-refractivity contribution in [3.8, 4) is 17.7 Å². The van der Waals surface area contributed by atoms with Gasteiger partial charge in [0.05, 0.1) is 25.5 Å². The van der Waals surface area contributed by atoms with E-state index in [1.165, 1.54) is 16.4 Å². The van der Waals surface area contributed by atoms with Crippen molar-refractivity contribution < 1.29 is 26.4 Å². The van der Waals surface area contributed by atoms with E-state index in [-0.39, 0.29) is 34.4 Å². The van der Waals surface area contributed by atoms with Crippen molar-refractivity contribution in [3.63, 3.8) is 0 Å². The minimum Gasteiger partial charge on any atom is -0.468 e. The van der Waals surface area contributed by atoms with Crippen molar-refractivity contribution in [2.24, 2.45) is 0 Å². The first-order valence-corrected chi connectivity index (χ1v) is 13.1. The fourth-order valence-electron chi connectivity index (χ4n) is 4.40. The molecule has 2 saturated heterocycles. The summed E-state index contributed by atoms with van der Waals surface area (Å²) in [6, 6.07) is 8.56. The lowest BCUT2D eigenvalue weighted by Gasteiger charge is -2.33. The van der Waals surface area contributed by atoms with Crippen LogP contribution in [0.3, 0.4) is 0 Å². The Morgan fingerprint density at radius 3 is 2.60 bits per heavy atom. The van der Waals surface area contributed by atoms with Crippen LogP contribution in [0.25, 0.3) is 11.7 Å². The van der Waals surface area contributed by atoms with E-state index in [0.717, 1.165) is 38.1 Å². The molecule has 186 valence electrons. The molecule has 0 saturated carbocycles. The van der Waals surface area contributed by atoms with E-state index in [9.17, 15) is 13.7 Å². The van der Waals surface area contributed by atoms with E-state index in [0.29, 0.717) is 32.8 Å². The summed E-state index contributed by atoms with van der Waals surface area (Å²) in [7, 11) is -3.73. The van der Waals surface area contributed by atoms with Crippen LogP contribution in [0.15, 0.2) is 48.9 Å². The molecule has 3 aromatic heterocycles. The van der Waals surface area contributed by atoms with Gasteiger partial charge in [-0.15, -0.1) is 0 Å². The van der Waals surface area contributed by atoms with Crippen molar-refractivity contribution in [2.45, 2.75) is 30.4 Å². The quantitative estimate of drug-likeness (QED) is 0.490. The molecule has 2 aliphatic rings. The summed E-state index contributed by atoms with van der Waals surface area (Å²) in [5.74, 6) is 1.14. The number of nitrogens with one attached hydrogen (secondary N) is 1. The van der Waals surface area contributed by atoms with E-state index >= 15 is 0 Å². The fourth-order valence-corrected chi connectivity index (χ4v) is 5.82. The predicted molar refractivity (Wildman–Crippen MR) is 124 cm³/mol. The number of hydrogen-bond acceptors (Lipinski definition) is 10. The normalized spacial score (nSPS) is 18.8. The minimum atomic E-state index is -3.73. The molecule has 12 heteroatoms. The number of nitriles is 1. The van der Waals surface area contributed by atoms with Crippen molar-refractivity contribution >= 4 is 15.9 Å². The number of ether oxygens (including phenoxy) is 1. The van der Waals surface area contributed by atoms with Crippen LogP contribution in [0.5, 0.6) is 0 Å². The van der Waals surface area contributed by atoms with E-state index in [2.05, 4.69) is 15.2 Å². The van der Waals surface area contributed by atoms with Crippen LogP contribution in [0, 0.1) is 11.3 Å². The maximum atomic E-state index is 12.9. The number of piperidine rings is 1. The molecule has 11 nitrogen and oxygen atoms in total. The number of aromatic nitrogens is 1. The summed E-state index contributed by atoms with van der Waals surface area (Å²) in [6.07, 6.45) is 4.31. The van der Waals surface area contributed by atoms with E-state index in [1.807, 2.05) is 18.2 Å². The molecule has 1 N–H and O–H groups in total. The van der Waals surface area contributed by atoms with Gasteiger partial charge in [-0.05, 0) is 37.1 Å². The van der Waals surface area contributed by atoms with E-state index < -0.39 is 10.0 Å². The van der Waals surface area contributed by atoms with Gasteiger partial charge in [0.15, 0.2) is 5.76 Å². The van der Waals surface area contributed by atoms with Crippen LogP contribution < -0.4 is 5.32 Å². The lowest BCUT2D eigenvalue weighted by molar-refractivity contribution is 0.0144. The molecule has 1 atom stereocenters. The van der Waals surface area contributed by atoms with Gasteiger partial charge in [0.2, 0.25) is 16.7 Å². The molecule has 0 radical (unpaired) electrons. The zero-order valence-corrected chi connectivity index (χ0v) is 20.0. The Kier molecular flexibility index (Phi) is 6.92. The topological polar surface area (TPSA) is 138 Å². The van der Waals surface area contributed by atoms with Crippen LogP contribution in [0.4, 0.5) is 5.88 Å². The maximum Gasteiger partial charge on any atom is 0.276 e. The molecule has 2 aliphatic heterocycles. The summed E-state index contributed by atoms with van der Waals surface area (Å²) < 4.78 is 49.7. The highest BCUT2D eigenvalue weighted by molar-refractivity contribution is 7.89. The van der Waals surface area contributed by atoms with Gasteiger partial charge < -0.3 is 23.3 Å². The van der Waals surface area contributed by atoms with Crippen LogP contribution >= 0.6 is 0 Å². The molecule has 0 aromatic carbocycles. The Labute approximate surface area is 203 Å². The van der Waals surface area contributed by atoms with Crippen molar-refractivity contribution in [1.82, 2.24) is 14.2 Å². The van der Waals surface area contributed by atoms with Crippen molar-refractivity contribution in [2.75, 3.05) is 51.3 Å². The third-order valence-corrected chi connectivity index (χ3v) is 8.02. The Balaban J connectivity index is 1.34. The summed E-state index contributed by atoms with van der Waals surface area (Å²) >= 11 is 0. The van der Waals surface area contributed by atoms with Crippen LogP contribution in [-0.4, -0.2) is 68.5 Å². The molecule has 3 aromatic rings. The Hall–Kier alpha value is -3.11. The third kappa shape index (κ3) is 4.99. The van der Waals surface area contributed by atoms with Gasteiger partial charge >= 0.3 is 0 Å². The highest BCUT2D eigenvalue weighted by Gasteiger charge is 2.30. The molecule has 0 spiro atoms. The largest absolute Gasteiger partial charge is 0.468 e. The van der Waals surface area contributed by atoms with Crippen molar-refractivity contribution in [3.05, 3.63) is 42.0 Å². The minimum absolute atomic E-state index is 0.0325. The molecule has 0 amide bonds. The number of rotatable bonds is 8. The summed E-state index contributed by atoms with van der Waals surface area (Å²) in [5, 5.41) is 12.6. The summed E-state index contributed by atoms with van der Waals surface area (Å²) in [6.45, 7) is 4.13. The molecule has 5 rings (SSSR count). The number of nitrogens with zero attached hydrogens (tertiary/aromatic N) is 4. The predicted octanol–water partition coefficient (Wildman–Crippen LogP) is 3.06. The monoisotopic (exact) mass is 501 g/mol. The average Bonchev–Trinajstić information content (AvgIpc) is 3.66. The lowest BCUT2D eigenvalue weighted by atomic mass is 10.1. The van der Waals surface area contributed by atoms with Crippen molar-refractivity contribution in [1.29, 1.82) is 5.26 Å². The molecule has 5 heterocycles. The number of furan rings is 2. The van der Waals surface area contributed by atoms with Crippen LogP contribution in [0.1, 0.15) is 36.8 Å². The second-order valence-electron chi connectivity index (χ2n) is 8.45. The average molecular weight is 502 g/mol.